The third-order valence-electron chi connectivity index (χ3n) is 3.14. The van der Waals surface area contributed by atoms with Crippen molar-refractivity contribution in [2.45, 2.75) is 13.0 Å². The molecule has 2 N–H and O–H groups in total. The zero-order chi connectivity index (χ0) is 14.5. The molecule has 6 nitrogen and oxygen atoms in total. The zero-order valence-corrected chi connectivity index (χ0v) is 11.5. The summed E-state index contributed by atoms with van der Waals surface area (Å²) < 4.78 is 7.33. The molecule has 0 aliphatic heterocycles. The van der Waals surface area contributed by atoms with Gasteiger partial charge in [0.2, 0.25) is 0 Å². The van der Waals surface area contributed by atoms with Gasteiger partial charge in [-0.1, -0.05) is 0 Å². The summed E-state index contributed by atoms with van der Waals surface area (Å²) in [6.45, 7) is 1.49. The first-order valence-corrected chi connectivity index (χ1v) is 6.81. The van der Waals surface area contributed by atoms with Crippen LogP contribution in [-0.4, -0.2) is 27.2 Å². The predicted octanol–water partition coefficient (Wildman–Crippen LogP) is 2.29. The minimum absolute atomic E-state index is 0.184. The first-order chi connectivity index (χ1) is 10.3. The number of carbonyl (C=O) groups is 1. The van der Waals surface area contributed by atoms with Crippen molar-refractivity contribution in [1.82, 2.24) is 20.1 Å². The second-order valence-electron chi connectivity index (χ2n) is 4.67. The number of aromatic amines is 1. The maximum atomic E-state index is 12.0. The van der Waals surface area contributed by atoms with Gasteiger partial charge >= 0.3 is 0 Å². The van der Waals surface area contributed by atoms with E-state index in [1.165, 1.54) is 0 Å². The molecule has 3 heterocycles. The number of furan rings is 1. The highest BCUT2D eigenvalue weighted by Crippen LogP contribution is 2.17. The molecule has 21 heavy (non-hydrogen) atoms. The van der Waals surface area contributed by atoms with E-state index in [1.807, 2.05) is 30.6 Å². The molecule has 1 amide bonds. The van der Waals surface area contributed by atoms with Gasteiger partial charge in [-0.25, -0.2) is 0 Å². The summed E-state index contributed by atoms with van der Waals surface area (Å²) in [4.78, 5) is 12.0. The summed E-state index contributed by atoms with van der Waals surface area (Å²) >= 11 is 0. The quantitative estimate of drug-likeness (QED) is 0.682. The second-order valence-corrected chi connectivity index (χ2v) is 4.67. The van der Waals surface area contributed by atoms with Crippen LogP contribution < -0.4 is 5.32 Å². The molecular weight excluding hydrogens is 268 g/mol. The fourth-order valence-electron chi connectivity index (χ4n) is 2.07. The van der Waals surface area contributed by atoms with Crippen LogP contribution in [0.3, 0.4) is 0 Å². The van der Waals surface area contributed by atoms with E-state index < -0.39 is 0 Å². The Balaban J connectivity index is 1.49. The Morgan fingerprint density at radius 3 is 2.95 bits per heavy atom. The van der Waals surface area contributed by atoms with Crippen molar-refractivity contribution in [2.24, 2.45) is 0 Å². The van der Waals surface area contributed by atoms with Crippen molar-refractivity contribution < 1.29 is 9.21 Å². The fraction of sp³-hybridized carbons (Fsp3) is 0.200. The molecule has 6 heteroatoms. The molecule has 0 saturated carbocycles. The third-order valence-corrected chi connectivity index (χ3v) is 3.14. The van der Waals surface area contributed by atoms with Crippen LogP contribution in [0.2, 0.25) is 0 Å². The monoisotopic (exact) mass is 284 g/mol. The topological polar surface area (TPSA) is 75.8 Å². The summed E-state index contributed by atoms with van der Waals surface area (Å²) in [5.41, 5.74) is 1.06. The summed E-state index contributed by atoms with van der Waals surface area (Å²) in [6.07, 6.45) is 6.46. The Bertz CT molecular complexity index is 683. The number of hydrogen-bond donors (Lipinski definition) is 2. The Kier molecular flexibility index (Phi) is 3.86. The number of hydrogen-bond acceptors (Lipinski definition) is 3. The van der Waals surface area contributed by atoms with Crippen molar-refractivity contribution in [1.29, 1.82) is 0 Å². The fourth-order valence-corrected chi connectivity index (χ4v) is 2.07. The molecule has 0 bridgehead atoms. The number of nitrogens with zero attached hydrogens (tertiary/aromatic N) is 2. The Hall–Kier alpha value is -2.76. The Labute approximate surface area is 121 Å². The maximum absolute atomic E-state index is 12.0. The molecule has 108 valence electrons. The minimum atomic E-state index is -0.184. The lowest BCUT2D eigenvalue weighted by Crippen LogP contribution is -2.25. The average Bonchev–Trinajstić information content (AvgIpc) is 3.25. The Morgan fingerprint density at radius 1 is 1.33 bits per heavy atom. The van der Waals surface area contributed by atoms with Gasteiger partial charge in [0.05, 0.1) is 6.26 Å². The SMILES string of the molecule is O=C(NCCCn1cccc1)c1cc(-c2ccco2)[nH]n1. The van der Waals surface area contributed by atoms with Crippen molar-refractivity contribution in [3.63, 3.8) is 0 Å². The van der Waals surface area contributed by atoms with E-state index in [9.17, 15) is 4.79 Å². The van der Waals surface area contributed by atoms with Crippen LogP contribution in [0.15, 0.2) is 53.4 Å². The lowest BCUT2D eigenvalue weighted by Gasteiger charge is -2.04. The number of aryl methyl sites for hydroxylation is 1. The van der Waals surface area contributed by atoms with Crippen molar-refractivity contribution in [3.8, 4) is 11.5 Å². The van der Waals surface area contributed by atoms with Gasteiger partial charge in [0.1, 0.15) is 5.69 Å². The van der Waals surface area contributed by atoms with Gasteiger partial charge in [-0.15, -0.1) is 0 Å². The Morgan fingerprint density at radius 2 is 2.19 bits per heavy atom. The molecular formula is C15H16N4O2. The first-order valence-electron chi connectivity index (χ1n) is 6.81. The molecule has 3 aromatic heterocycles. The van der Waals surface area contributed by atoms with Gasteiger partial charge in [-0.3, -0.25) is 9.89 Å². The van der Waals surface area contributed by atoms with E-state index >= 15 is 0 Å². The maximum Gasteiger partial charge on any atom is 0.271 e. The van der Waals surface area contributed by atoms with Crippen LogP contribution in [-0.2, 0) is 6.54 Å². The van der Waals surface area contributed by atoms with Gasteiger partial charge in [0, 0.05) is 31.5 Å². The summed E-state index contributed by atoms with van der Waals surface area (Å²) in [5.74, 6) is 0.478. The summed E-state index contributed by atoms with van der Waals surface area (Å²) in [7, 11) is 0. The molecule has 0 aliphatic carbocycles. The van der Waals surface area contributed by atoms with Gasteiger partial charge in [0.15, 0.2) is 11.5 Å². The number of aromatic nitrogens is 3. The number of amides is 1. The van der Waals surface area contributed by atoms with E-state index in [-0.39, 0.29) is 5.91 Å². The highest BCUT2D eigenvalue weighted by molar-refractivity contribution is 5.93. The highest BCUT2D eigenvalue weighted by Gasteiger charge is 2.11. The van der Waals surface area contributed by atoms with Crippen molar-refractivity contribution in [2.75, 3.05) is 6.54 Å². The molecule has 0 aliphatic rings. The van der Waals surface area contributed by atoms with Crippen LogP contribution >= 0.6 is 0 Å². The molecule has 0 spiro atoms. The number of carbonyl (C=O) groups excluding carboxylic acids is 1. The first kappa shape index (κ1) is 13.2. The van der Waals surface area contributed by atoms with Gasteiger partial charge < -0.3 is 14.3 Å². The van der Waals surface area contributed by atoms with Crippen molar-refractivity contribution in [3.05, 3.63) is 54.7 Å². The van der Waals surface area contributed by atoms with Gasteiger partial charge in [-0.2, -0.15) is 5.10 Å². The number of H-pyrrole nitrogens is 1. The molecule has 0 fully saturated rings. The van der Waals surface area contributed by atoms with Crippen LogP contribution in [0.4, 0.5) is 0 Å². The highest BCUT2D eigenvalue weighted by atomic mass is 16.3. The lowest BCUT2D eigenvalue weighted by molar-refractivity contribution is 0.0947. The van der Waals surface area contributed by atoms with E-state index in [0.717, 1.165) is 13.0 Å². The minimum Gasteiger partial charge on any atom is -0.463 e. The van der Waals surface area contributed by atoms with Gasteiger partial charge in [-0.05, 0) is 30.7 Å². The van der Waals surface area contributed by atoms with E-state index in [1.54, 1.807) is 18.4 Å². The smallest absolute Gasteiger partial charge is 0.271 e. The summed E-state index contributed by atoms with van der Waals surface area (Å²) in [5, 5.41) is 9.65. The van der Waals surface area contributed by atoms with Crippen LogP contribution in [0.1, 0.15) is 16.9 Å². The predicted molar refractivity (Wildman–Crippen MR) is 77.7 cm³/mol. The zero-order valence-electron chi connectivity index (χ0n) is 11.5. The van der Waals surface area contributed by atoms with E-state index in [0.29, 0.717) is 23.7 Å². The second kappa shape index (κ2) is 6.13. The van der Waals surface area contributed by atoms with Crippen LogP contribution in [0, 0.1) is 0 Å². The summed E-state index contributed by atoms with van der Waals surface area (Å²) in [6, 6.07) is 9.25. The molecule has 0 atom stereocenters. The molecule has 3 aromatic rings. The lowest BCUT2D eigenvalue weighted by atomic mass is 10.3. The van der Waals surface area contributed by atoms with E-state index in [4.69, 9.17) is 4.42 Å². The number of nitrogens with one attached hydrogen (secondary N) is 2. The largest absolute Gasteiger partial charge is 0.463 e. The van der Waals surface area contributed by atoms with Crippen molar-refractivity contribution >= 4 is 5.91 Å². The molecule has 3 rings (SSSR count). The number of rotatable bonds is 6. The normalized spacial score (nSPS) is 10.7. The molecule has 0 aromatic carbocycles. The molecule has 0 unspecified atom stereocenters. The third kappa shape index (κ3) is 3.22. The van der Waals surface area contributed by atoms with E-state index in [2.05, 4.69) is 20.1 Å². The standard InChI is InChI=1S/C15H16N4O2/c20-15(16-6-4-9-19-7-1-2-8-19)13-11-12(17-18-13)14-5-3-10-21-14/h1-3,5,7-8,10-11H,4,6,9H2,(H,16,20)(H,17,18). The van der Waals surface area contributed by atoms with Crippen LogP contribution in [0.5, 0.6) is 0 Å². The molecule has 0 radical (unpaired) electrons. The average molecular weight is 284 g/mol. The molecule has 0 saturated heterocycles. The van der Waals surface area contributed by atoms with Gasteiger partial charge in [0.25, 0.3) is 5.91 Å². The van der Waals surface area contributed by atoms with Crippen LogP contribution in [0.25, 0.3) is 11.5 Å².